The van der Waals surface area contributed by atoms with E-state index in [2.05, 4.69) is 32.3 Å². The Morgan fingerprint density at radius 2 is 1.85 bits per heavy atom. The van der Waals surface area contributed by atoms with E-state index in [0.29, 0.717) is 5.75 Å². The third-order valence-corrected chi connectivity index (χ3v) is 5.40. The lowest BCUT2D eigenvalue weighted by molar-refractivity contribution is 0.0952. The first-order valence-corrected chi connectivity index (χ1v) is 9.31. The Morgan fingerprint density at radius 1 is 1.12 bits per heavy atom. The normalized spacial score (nSPS) is 17.7. The van der Waals surface area contributed by atoms with Crippen molar-refractivity contribution in [2.75, 3.05) is 20.1 Å². The van der Waals surface area contributed by atoms with E-state index in [-0.39, 0.29) is 11.7 Å². The number of nitrogens with one attached hydrogen (secondary N) is 1. The molecule has 0 unspecified atom stereocenters. The molecule has 6 nitrogen and oxygen atoms in total. The molecular formula is C20H24N4O2. The lowest BCUT2D eigenvalue weighted by Gasteiger charge is -2.36. The molecule has 1 aliphatic carbocycles. The number of hydrogen-bond acceptors (Lipinski definition) is 5. The van der Waals surface area contributed by atoms with E-state index >= 15 is 0 Å². The van der Waals surface area contributed by atoms with Crippen LogP contribution in [0, 0.1) is 0 Å². The van der Waals surface area contributed by atoms with Gasteiger partial charge in [-0.3, -0.25) is 9.69 Å². The maximum absolute atomic E-state index is 11.5. The van der Waals surface area contributed by atoms with E-state index in [0.717, 1.165) is 37.7 Å². The number of fused-ring (bicyclic) bond motifs is 1. The van der Waals surface area contributed by atoms with Crippen molar-refractivity contribution in [2.45, 2.75) is 38.1 Å². The SMILES string of the molecule is CNC(=O)c1ncc(Oc2ccc3c(c2)CCN(C2CCC2)CC3)cn1. The second-order valence-electron chi connectivity index (χ2n) is 6.97. The van der Waals surface area contributed by atoms with Gasteiger partial charge >= 0.3 is 0 Å². The molecule has 0 bridgehead atoms. The first kappa shape index (κ1) is 17.0. The second kappa shape index (κ2) is 7.41. The van der Waals surface area contributed by atoms with Gasteiger partial charge in [-0.25, -0.2) is 9.97 Å². The lowest BCUT2D eigenvalue weighted by atomic mass is 9.91. The van der Waals surface area contributed by atoms with Crippen molar-refractivity contribution >= 4 is 5.91 Å². The monoisotopic (exact) mass is 352 g/mol. The van der Waals surface area contributed by atoms with Gasteiger partial charge in [0.2, 0.25) is 5.82 Å². The summed E-state index contributed by atoms with van der Waals surface area (Å²) in [7, 11) is 1.55. The number of carbonyl (C=O) groups is 1. The van der Waals surface area contributed by atoms with Crippen LogP contribution in [0.15, 0.2) is 30.6 Å². The molecule has 1 saturated carbocycles. The molecule has 2 heterocycles. The van der Waals surface area contributed by atoms with Crippen molar-refractivity contribution in [1.82, 2.24) is 20.2 Å². The van der Waals surface area contributed by atoms with Crippen molar-refractivity contribution in [1.29, 1.82) is 0 Å². The van der Waals surface area contributed by atoms with Gasteiger partial charge in [0, 0.05) is 26.2 Å². The summed E-state index contributed by atoms with van der Waals surface area (Å²) in [5.41, 5.74) is 2.79. The average molecular weight is 352 g/mol. The highest BCUT2D eigenvalue weighted by Gasteiger charge is 2.26. The van der Waals surface area contributed by atoms with E-state index in [1.807, 2.05) is 6.07 Å². The highest BCUT2D eigenvalue weighted by Crippen LogP contribution is 2.29. The van der Waals surface area contributed by atoms with E-state index in [4.69, 9.17) is 4.74 Å². The number of carbonyl (C=O) groups excluding carboxylic acids is 1. The molecule has 0 saturated heterocycles. The van der Waals surface area contributed by atoms with Crippen LogP contribution in [0.2, 0.25) is 0 Å². The molecule has 0 atom stereocenters. The topological polar surface area (TPSA) is 67.3 Å². The average Bonchev–Trinajstić information content (AvgIpc) is 2.83. The molecule has 1 aliphatic heterocycles. The first-order chi connectivity index (χ1) is 12.7. The van der Waals surface area contributed by atoms with Crippen molar-refractivity contribution in [3.8, 4) is 11.5 Å². The summed E-state index contributed by atoms with van der Waals surface area (Å²) >= 11 is 0. The Morgan fingerprint density at radius 3 is 2.50 bits per heavy atom. The van der Waals surface area contributed by atoms with E-state index in [1.165, 1.54) is 42.8 Å². The van der Waals surface area contributed by atoms with E-state index < -0.39 is 0 Å². The number of aromatic nitrogens is 2. The van der Waals surface area contributed by atoms with Crippen LogP contribution in [-0.4, -0.2) is 47.0 Å². The lowest BCUT2D eigenvalue weighted by Crippen LogP contribution is -2.41. The quantitative estimate of drug-likeness (QED) is 0.916. The molecule has 0 spiro atoms. The van der Waals surface area contributed by atoms with Crippen LogP contribution in [0.3, 0.4) is 0 Å². The van der Waals surface area contributed by atoms with Gasteiger partial charge < -0.3 is 10.1 Å². The number of hydrogen-bond donors (Lipinski definition) is 1. The van der Waals surface area contributed by atoms with Crippen molar-refractivity contribution < 1.29 is 9.53 Å². The summed E-state index contributed by atoms with van der Waals surface area (Å²) in [5.74, 6) is 1.15. The zero-order valence-electron chi connectivity index (χ0n) is 15.1. The molecule has 2 aliphatic rings. The predicted octanol–water partition coefficient (Wildman–Crippen LogP) is 2.58. The maximum atomic E-state index is 11.5. The first-order valence-electron chi connectivity index (χ1n) is 9.31. The minimum absolute atomic E-state index is 0.137. The Labute approximate surface area is 153 Å². The van der Waals surface area contributed by atoms with Gasteiger partial charge in [0.05, 0.1) is 12.4 Å². The van der Waals surface area contributed by atoms with Gasteiger partial charge in [0.15, 0.2) is 5.75 Å². The number of nitrogens with zero attached hydrogens (tertiary/aromatic N) is 3. The van der Waals surface area contributed by atoms with Gasteiger partial charge in [-0.15, -0.1) is 0 Å². The summed E-state index contributed by atoms with van der Waals surface area (Å²) in [6.45, 7) is 2.29. The molecule has 136 valence electrons. The standard InChI is InChI=1S/C20H24N4O2/c1-21-20(25)19-22-12-18(13-23-19)26-17-6-5-14-7-9-24(16-3-2-4-16)10-8-15(14)11-17/h5-6,11-13,16H,2-4,7-10H2,1H3,(H,21,25). The zero-order valence-corrected chi connectivity index (χ0v) is 15.1. The van der Waals surface area contributed by atoms with E-state index in [9.17, 15) is 4.79 Å². The number of amides is 1. The number of benzene rings is 1. The molecule has 1 N–H and O–H groups in total. The summed E-state index contributed by atoms with van der Waals surface area (Å²) in [5, 5.41) is 2.50. The van der Waals surface area contributed by atoms with E-state index in [1.54, 1.807) is 7.05 Å². The van der Waals surface area contributed by atoms with Crippen LogP contribution in [0.1, 0.15) is 41.0 Å². The highest BCUT2D eigenvalue weighted by molar-refractivity contribution is 5.90. The maximum Gasteiger partial charge on any atom is 0.288 e. The minimum atomic E-state index is -0.308. The Hall–Kier alpha value is -2.47. The van der Waals surface area contributed by atoms with Crippen molar-refractivity contribution in [3.63, 3.8) is 0 Å². The molecule has 1 aromatic heterocycles. The number of ether oxygens (including phenoxy) is 1. The second-order valence-corrected chi connectivity index (χ2v) is 6.97. The Balaban J connectivity index is 1.44. The van der Waals surface area contributed by atoms with Crippen LogP contribution in [0.25, 0.3) is 0 Å². The van der Waals surface area contributed by atoms with Crippen molar-refractivity contribution in [3.05, 3.63) is 47.5 Å². The largest absolute Gasteiger partial charge is 0.454 e. The van der Waals surface area contributed by atoms with Gasteiger partial charge in [0.25, 0.3) is 5.91 Å². The fraction of sp³-hybridized carbons (Fsp3) is 0.450. The van der Waals surface area contributed by atoms with Crippen molar-refractivity contribution in [2.24, 2.45) is 0 Å². The van der Waals surface area contributed by atoms with Gasteiger partial charge in [-0.2, -0.15) is 0 Å². The number of rotatable bonds is 4. The summed E-state index contributed by atoms with van der Waals surface area (Å²) < 4.78 is 5.89. The zero-order chi connectivity index (χ0) is 17.9. The molecular weight excluding hydrogens is 328 g/mol. The minimum Gasteiger partial charge on any atom is -0.454 e. The third kappa shape index (κ3) is 3.55. The molecule has 26 heavy (non-hydrogen) atoms. The molecule has 1 fully saturated rings. The van der Waals surface area contributed by atoms with Gasteiger partial charge in [-0.1, -0.05) is 12.5 Å². The third-order valence-electron chi connectivity index (χ3n) is 5.40. The Kier molecular flexibility index (Phi) is 4.84. The van der Waals surface area contributed by atoms with Crippen LogP contribution in [-0.2, 0) is 12.8 Å². The molecule has 2 aromatic rings. The highest BCUT2D eigenvalue weighted by atomic mass is 16.5. The van der Waals surface area contributed by atoms with Gasteiger partial charge in [-0.05, 0) is 48.9 Å². The van der Waals surface area contributed by atoms with Crippen LogP contribution in [0.4, 0.5) is 0 Å². The molecule has 0 radical (unpaired) electrons. The van der Waals surface area contributed by atoms with Gasteiger partial charge in [0.1, 0.15) is 5.75 Å². The predicted molar refractivity (Wildman–Crippen MR) is 98.6 cm³/mol. The van der Waals surface area contributed by atoms with Crippen LogP contribution < -0.4 is 10.1 Å². The summed E-state index contributed by atoms with van der Waals surface area (Å²) in [6, 6.07) is 7.11. The molecule has 1 amide bonds. The molecule has 6 heteroatoms. The summed E-state index contributed by atoms with van der Waals surface area (Å²) in [6.07, 6.45) is 9.33. The smallest absolute Gasteiger partial charge is 0.288 e. The molecule has 4 rings (SSSR count). The summed E-state index contributed by atoms with van der Waals surface area (Å²) in [4.78, 5) is 22.2. The van der Waals surface area contributed by atoms with Crippen LogP contribution in [0.5, 0.6) is 11.5 Å². The molecule has 1 aromatic carbocycles. The van der Waals surface area contributed by atoms with Crippen LogP contribution >= 0.6 is 0 Å². The fourth-order valence-electron chi connectivity index (χ4n) is 3.63. The Bertz CT molecular complexity index is 787. The fourth-order valence-corrected chi connectivity index (χ4v) is 3.63.